The molecule has 26 heavy (non-hydrogen) atoms. The van der Waals surface area contributed by atoms with Crippen molar-refractivity contribution in [2.75, 3.05) is 11.9 Å². The van der Waals surface area contributed by atoms with E-state index in [2.05, 4.69) is 10.6 Å². The first kappa shape index (κ1) is 19.9. The van der Waals surface area contributed by atoms with Crippen LogP contribution in [0, 0.1) is 6.92 Å². The Morgan fingerprint density at radius 1 is 1.04 bits per heavy atom. The van der Waals surface area contributed by atoms with Gasteiger partial charge in [0, 0.05) is 24.6 Å². The number of hydrogen-bond acceptors (Lipinski definition) is 4. The van der Waals surface area contributed by atoms with E-state index in [1.807, 2.05) is 25.1 Å². The van der Waals surface area contributed by atoms with Crippen molar-refractivity contribution in [2.24, 2.45) is 0 Å². The van der Waals surface area contributed by atoms with Crippen molar-refractivity contribution in [3.8, 4) is 0 Å². The van der Waals surface area contributed by atoms with E-state index >= 15 is 0 Å². The van der Waals surface area contributed by atoms with Gasteiger partial charge in [-0.1, -0.05) is 37.5 Å². The van der Waals surface area contributed by atoms with E-state index in [-0.39, 0.29) is 30.9 Å². The summed E-state index contributed by atoms with van der Waals surface area (Å²) in [5.41, 5.74) is 1.64. The van der Waals surface area contributed by atoms with E-state index in [1.165, 1.54) is 19.3 Å². The number of carbonyl (C=O) groups excluding carboxylic acids is 3. The van der Waals surface area contributed by atoms with Crippen molar-refractivity contribution in [2.45, 2.75) is 64.3 Å². The SMILES string of the molecule is Cc1ccccc1NC(=O)COC(=O)CCCC(=O)NC1CCCCC1. The van der Waals surface area contributed by atoms with Crippen LogP contribution in [0.4, 0.5) is 5.69 Å². The molecule has 2 amide bonds. The molecule has 0 spiro atoms. The second-order valence-corrected chi connectivity index (χ2v) is 6.78. The minimum Gasteiger partial charge on any atom is -0.456 e. The summed E-state index contributed by atoms with van der Waals surface area (Å²) in [7, 11) is 0. The maximum atomic E-state index is 11.9. The molecule has 0 aromatic heterocycles. The molecular formula is C20H28N2O4. The first-order chi connectivity index (χ1) is 12.5. The Morgan fingerprint density at radius 3 is 2.50 bits per heavy atom. The molecule has 1 aliphatic carbocycles. The molecule has 0 radical (unpaired) electrons. The average Bonchev–Trinajstić information content (AvgIpc) is 2.63. The van der Waals surface area contributed by atoms with E-state index in [0.29, 0.717) is 18.5 Å². The van der Waals surface area contributed by atoms with E-state index in [9.17, 15) is 14.4 Å². The lowest BCUT2D eigenvalue weighted by Gasteiger charge is -2.22. The standard InChI is InChI=1S/C20H28N2O4/c1-15-8-5-6-11-17(15)22-19(24)14-26-20(25)13-7-12-18(23)21-16-9-3-2-4-10-16/h5-6,8,11,16H,2-4,7,9-10,12-14H2,1H3,(H,21,23)(H,22,24). The molecule has 1 fully saturated rings. The smallest absolute Gasteiger partial charge is 0.306 e. The summed E-state index contributed by atoms with van der Waals surface area (Å²) < 4.78 is 4.96. The third kappa shape index (κ3) is 7.25. The Balaban J connectivity index is 1.57. The van der Waals surface area contributed by atoms with Gasteiger partial charge in [-0.05, 0) is 37.8 Å². The molecule has 6 nitrogen and oxygen atoms in total. The fourth-order valence-electron chi connectivity index (χ4n) is 3.06. The van der Waals surface area contributed by atoms with Gasteiger partial charge in [0.15, 0.2) is 6.61 Å². The molecule has 1 aromatic carbocycles. The molecule has 2 rings (SSSR count). The van der Waals surface area contributed by atoms with Gasteiger partial charge in [0.2, 0.25) is 5.91 Å². The zero-order valence-corrected chi connectivity index (χ0v) is 15.4. The summed E-state index contributed by atoms with van der Waals surface area (Å²) in [5, 5.41) is 5.73. The maximum absolute atomic E-state index is 11.9. The van der Waals surface area contributed by atoms with Crippen molar-refractivity contribution < 1.29 is 19.1 Å². The monoisotopic (exact) mass is 360 g/mol. The number of rotatable bonds is 8. The lowest BCUT2D eigenvalue weighted by molar-refractivity contribution is -0.147. The van der Waals surface area contributed by atoms with Gasteiger partial charge in [-0.15, -0.1) is 0 Å². The Morgan fingerprint density at radius 2 is 1.77 bits per heavy atom. The third-order valence-corrected chi connectivity index (χ3v) is 4.54. The Bertz CT molecular complexity index is 624. The summed E-state index contributed by atoms with van der Waals surface area (Å²) in [6.45, 7) is 1.57. The van der Waals surface area contributed by atoms with Crippen LogP contribution in [0.3, 0.4) is 0 Å². The number of aryl methyl sites for hydroxylation is 1. The Hall–Kier alpha value is -2.37. The number of esters is 1. The lowest BCUT2D eigenvalue weighted by atomic mass is 9.95. The Labute approximate surface area is 154 Å². The molecule has 0 unspecified atom stereocenters. The third-order valence-electron chi connectivity index (χ3n) is 4.54. The number of nitrogens with one attached hydrogen (secondary N) is 2. The summed E-state index contributed by atoms with van der Waals surface area (Å²) in [6, 6.07) is 7.68. The fourth-order valence-corrected chi connectivity index (χ4v) is 3.06. The van der Waals surface area contributed by atoms with E-state index < -0.39 is 5.97 Å². The zero-order valence-electron chi connectivity index (χ0n) is 15.4. The van der Waals surface area contributed by atoms with Crippen molar-refractivity contribution >= 4 is 23.5 Å². The van der Waals surface area contributed by atoms with Crippen molar-refractivity contribution in [1.82, 2.24) is 5.32 Å². The van der Waals surface area contributed by atoms with Gasteiger partial charge in [-0.3, -0.25) is 14.4 Å². The number of amides is 2. The number of hydrogen-bond donors (Lipinski definition) is 2. The molecule has 2 N–H and O–H groups in total. The maximum Gasteiger partial charge on any atom is 0.306 e. The highest BCUT2D eigenvalue weighted by Crippen LogP contribution is 2.17. The summed E-state index contributed by atoms with van der Waals surface area (Å²) in [5.74, 6) is -0.847. The fraction of sp³-hybridized carbons (Fsp3) is 0.550. The minimum atomic E-state index is -0.463. The van der Waals surface area contributed by atoms with E-state index in [4.69, 9.17) is 4.74 Å². The van der Waals surface area contributed by atoms with Crippen LogP contribution < -0.4 is 10.6 Å². The molecule has 1 aromatic rings. The molecule has 142 valence electrons. The van der Waals surface area contributed by atoms with Gasteiger partial charge in [-0.25, -0.2) is 0 Å². The number of anilines is 1. The van der Waals surface area contributed by atoms with Crippen molar-refractivity contribution in [3.05, 3.63) is 29.8 Å². The highest BCUT2D eigenvalue weighted by atomic mass is 16.5. The van der Waals surface area contributed by atoms with E-state index in [1.54, 1.807) is 6.07 Å². The van der Waals surface area contributed by atoms with Crippen LogP contribution >= 0.6 is 0 Å². The quantitative estimate of drug-likeness (QED) is 0.698. The molecule has 1 saturated carbocycles. The predicted octanol–water partition coefficient (Wildman–Crippen LogP) is 3.10. The normalized spacial score (nSPS) is 14.5. The van der Waals surface area contributed by atoms with Gasteiger partial charge in [-0.2, -0.15) is 0 Å². The second-order valence-electron chi connectivity index (χ2n) is 6.78. The van der Waals surface area contributed by atoms with Crippen LogP contribution in [0.5, 0.6) is 0 Å². The summed E-state index contributed by atoms with van der Waals surface area (Å²) in [6.07, 6.45) is 6.54. The molecule has 0 saturated heterocycles. The Kier molecular flexibility index (Phi) is 8.12. The molecular weight excluding hydrogens is 332 g/mol. The zero-order chi connectivity index (χ0) is 18.8. The van der Waals surface area contributed by atoms with Crippen molar-refractivity contribution in [3.63, 3.8) is 0 Å². The molecule has 1 aliphatic rings. The first-order valence-corrected chi connectivity index (χ1v) is 9.35. The van der Waals surface area contributed by atoms with Gasteiger partial charge < -0.3 is 15.4 Å². The second kappa shape index (κ2) is 10.6. The van der Waals surface area contributed by atoms with Gasteiger partial charge in [0.25, 0.3) is 5.91 Å². The molecule has 0 aliphatic heterocycles. The van der Waals surface area contributed by atoms with Crippen LogP contribution in [0.25, 0.3) is 0 Å². The highest BCUT2D eigenvalue weighted by Gasteiger charge is 2.16. The number of benzene rings is 1. The number of para-hydroxylation sites is 1. The predicted molar refractivity (Wildman–Crippen MR) is 99.6 cm³/mol. The summed E-state index contributed by atoms with van der Waals surface area (Å²) in [4.78, 5) is 35.4. The highest BCUT2D eigenvalue weighted by molar-refractivity contribution is 5.93. The van der Waals surface area contributed by atoms with Crippen molar-refractivity contribution in [1.29, 1.82) is 0 Å². The number of ether oxygens (including phenoxy) is 1. The van der Waals surface area contributed by atoms with Crippen LogP contribution in [0.2, 0.25) is 0 Å². The minimum absolute atomic E-state index is 0.0120. The first-order valence-electron chi connectivity index (χ1n) is 9.35. The van der Waals surface area contributed by atoms with Gasteiger partial charge >= 0.3 is 5.97 Å². The molecule has 0 atom stereocenters. The molecule has 0 heterocycles. The van der Waals surface area contributed by atoms with Crippen LogP contribution in [0.1, 0.15) is 56.9 Å². The van der Waals surface area contributed by atoms with Crippen LogP contribution in [-0.2, 0) is 19.1 Å². The van der Waals surface area contributed by atoms with Gasteiger partial charge in [0.1, 0.15) is 0 Å². The van der Waals surface area contributed by atoms with Gasteiger partial charge in [0.05, 0.1) is 0 Å². The van der Waals surface area contributed by atoms with Crippen LogP contribution in [0.15, 0.2) is 24.3 Å². The molecule has 6 heteroatoms. The average molecular weight is 360 g/mol. The molecule has 0 bridgehead atoms. The van der Waals surface area contributed by atoms with E-state index in [0.717, 1.165) is 18.4 Å². The summed E-state index contributed by atoms with van der Waals surface area (Å²) >= 11 is 0. The largest absolute Gasteiger partial charge is 0.456 e. The van der Waals surface area contributed by atoms with Crippen LogP contribution in [-0.4, -0.2) is 30.4 Å². The number of carbonyl (C=O) groups is 3. The lowest BCUT2D eigenvalue weighted by Crippen LogP contribution is -2.36. The topological polar surface area (TPSA) is 84.5 Å².